The Balaban J connectivity index is 1.46. The summed E-state index contributed by atoms with van der Waals surface area (Å²) in [5.74, 6) is 0.207. The maximum absolute atomic E-state index is 12.2. The number of aryl methyl sites for hydroxylation is 1. The number of nitrogens with zero attached hydrogens (tertiary/aromatic N) is 2. The van der Waals surface area contributed by atoms with Crippen molar-refractivity contribution in [3.8, 4) is 0 Å². The summed E-state index contributed by atoms with van der Waals surface area (Å²) in [5.41, 5.74) is 2.74. The second kappa shape index (κ2) is 8.23. The Kier molecular flexibility index (Phi) is 5.79. The van der Waals surface area contributed by atoms with Crippen molar-refractivity contribution >= 4 is 11.6 Å². The number of nitrogens with one attached hydrogen (secondary N) is 1. The van der Waals surface area contributed by atoms with Crippen molar-refractivity contribution in [1.29, 1.82) is 0 Å². The van der Waals surface area contributed by atoms with Crippen molar-refractivity contribution in [2.24, 2.45) is 5.92 Å². The maximum atomic E-state index is 12.2. The first-order valence-electron chi connectivity index (χ1n) is 8.79. The highest BCUT2D eigenvalue weighted by molar-refractivity contribution is 5.92. The zero-order valence-corrected chi connectivity index (χ0v) is 14.6. The molecular weight excluding hydrogens is 314 g/mol. The summed E-state index contributed by atoms with van der Waals surface area (Å²) in [4.78, 5) is 18.6. The van der Waals surface area contributed by atoms with Crippen LogP contribution in [0.2, 0.25) is 0 Å². The Labute approximate surface area is 148 Å². The topological polar surface area (TPSA) is 65.5 Å². The molecule has 0 aliphatic carbocycles. The number of rotatable bonds is 5. The number of carbonyl (C=O) groups is 1. The van der Waals surface area contributed by atoms with Gasteiger partial charge in [0.15, 0.2) is 0 Å². The average Bonchev–Trinajstić information content (AvgIpc) is 2.64. The van der Waals surface area contributed by atoms with E-state index < -0.39 is 6.10 Å². The maximum Gasteiger partial charge on any atom is 0.238 e. The van der Waals surface area contributed by atoms with Gasteiger partial charge in [-0.3, -0.25) is 14.7 Å². The number of benzene rings is 1. The molecular formula is C20H25N3O2. The Morgan fingerprint density at radius 3 is 2.60 bits per heavy atom. The summed E-state index contributed by atoms with van der Waals surface area (Å²) in [7, 11) is 0. The molecule has 3 rings (SSSR count). The molecule has 0 bridgehead atoms. The number of hydrogen-bond acceptors (Lipinski definition) is 4. The number of amides is 1. The molecule has 0 spiro atoms. The summed E-state index contributed by atoms with van der Waals surface area (Å²) in [5, 5.41) is 13.4. The highest BCUT2D eigenvalue weighted by Crippen LogP contribution is 2.29. The van der Waals surface area contributed by atoms with Gasteiger partial charge in [0.1, 0.15) is 0 Å². The SMILES string of the molecule is Cc1ccc(NC(=O)CN2CCC(C(O)c3ccccn3)CC2)cc1. The first-order valence-corrected chi connectivity index (χ1v) is 8.79. The van der Waals surface area contributed by atoms with Crippen LogP contribution < -0.4 is 5.32 Å². The highest BCUT2D eigenvalue weighted by Gasteiger charge is 2.27. The summed E-state index contributed by atoms with van der Waals surface area (Å²) < 4.78 is 0. The minimum Gasteiger partial charge on any atom is -0.387 e. The molecule has 2 N–H and O–H groups in total. The van der Waals surface area contributed by atoms with Crippen LogP contribution in [0.1, 0.15) is 30.2 Å². The van der Waals surface area contributed by atoms with Gasteiger partial charge in [0.2, 0.25) is 5.91 Å². The van der Waals surface area contributed by atoms with Crippen molar-refractivity contribution in [2.45, 2.75) is 25.9 Å². The van der Waals surface area contributed by atoms with Crippen LogP contribution in [-0.4, -0.2) is 40.5 Å². The lowest BCUT2D eigenvalue weighted by Gasteiger charge is -2.33. The molecule has 25 heavy (non-hydrogen) atoms. The van der Waals surface area contributed by atoms with Crippen molar-refractivity contribution < 1.29 is 9.90 Å². The largest absolute Gasteiger partial charge is 0.387 e. The van der Waals surface area contributed by atoms with Crippen molar-refractivity contribution in [2.75, 3.05) is 25.0 Å². The number of hydrogen-bond donors (Lipinski definition) is 2. The van der Waals surface area contributed by atoms with E-state index in [1.165, 1.54) is 5.56 Å². The van der Waals surface area contributed by atoms with E-state index in [9.17, 15) is 9.90 Å². The molecule has 5 nitrogen and oxygen atoms in total. The summed E-state index contributed by atoms with van der Waals surface area (Å²) in [6, 6.07) is 13.4. The van der Waals surface area contributed by atoms with Gasteiger partial charge in [0.05, 0.1) is 18.3 Å². The van der Waals surface area contributed by atoms with Gasteiger partial charge in [-0.15, -0.1) is 0 Å². The summed E-state index contributed by atoms with van der Waals surface area (Å²) in [6.07, 6.45) is 2.93. The standard InChI is InChI=1S/C20H25N3O2/c1-15-5-7-17(8-6-15)22-19(24)14-23-12-9-16(10-13-23)20(25)18-4-2-3-11-21-18/h2-8,11,16,20,25H,9-10,12-14H2,1H3,(H,22,24). The average molecular weight is 339 g/mol. The second-order valence-electron chi connectivity index (χ2n) is 6.73. The lowest BCUT2D eigenvalue weighted by atomic mass is 9.89. The van der Waals surface area contributed by atoms with Gasteiger partial charge in [-0.1, -0.05) is 23.8 Å². The van der Waals surface area contributed by atoms with Gasteiger partial charge in [0, 0.05) is 11.9 Å². The van der Waals surface area contributed by atoms with E-state index in [0.717, 1.165) is 37.3 Å². The second-order valence-corrected chi connectivity index (χ2v) is 6.73. The molecule has 1 aromatic carbocycles. The number of carbonyl (C=O) groups excluding carboxylic acids is 1. The molecule has 1 atom stereocenters. The molecule has 0 saturated carbocycles. The first-order chi connectivity index (χ1) is 12.1. The van der Waals surface area contributed by atoms with Gasteiger partial charge in [-0.25, -0.2) is 0 Å². The number of anilines is 1. The van der Waals surface area contributed by atoms with E-state index in [0.29, 0.717) is 6.54 Å². The molecule has 1 aliphatic rings. The molecule has 1 aromatic heterocycles. The van der Waals surface area contributed by atoms with E-state index in [1.807, 2.05) is 49.4 Å². The van der Waals surface area contributed by atoms with Crippen LogP contribution in [0, 0.1) is 12.8 Å². The zero-order chi connectivity index (χ0) is 17.6. The third-order valence-corrected chi connectivity index (χ3v) is 4.77. The van der Waals surface area contributed by atoms with Crippen LogP contribution in [0.5, 0.6) is 0 Å². The van der Waals surface area contributed by atoms with Crippen molar-refractivity contribution in [3.63, 3.8) is 0 Å². The van der Waals surface area contributed by atoms with Gasteiger partial charge in [-0.2, -0.15) is 0 Å². The fourth-order valence-corrected chi connectivity index (χ4v) is 3.26. The normalized spacial score (nSPS) is 17.2. The van der Waals surface area contributed by atoms with E-state index >= 15 is 0 Å². The molecule has 2 aromatic rings. The molecule has 2 heterocycles. The molecule has 1 amide bonds. The van der Waals surface area contributed by atoms with E-state index in [2.05, 4.69) is 15.2 Å². The van der Waals surface area contributed by atoms with Crippen LogP contribution in [0.25, 0.3) is 0 Å². The van der Waals surface area contributed by atoms with E-state index in [1.54, 1.807) is 6.20 Å². The van der Waals surface area contributed by atoms with Crippen LogP contribution >= 0.6 is 0 Å². The molecule has 132 valence electrons. The Morgan fingerprint density at radius 2 is 1.96 bits per heavy atom. The molecule has 1 fully saturated rings. The third-order valence-electron chi connectivity index (χ3n) is 4.77. The van der Waals surface area contributed by atoms with Crippen LogP contribution in [0.4, 0.5) is 5.69 Å². The monoisotopic (exact) mass is 339 g/mol. The molecule has 1 unspecified atom stereocenters. The van der Waals surface area contributed by atoms with Crippen LogP contribution in [0.3, 0.4) is 0 Å². The Bertz CT molecular complexity index is 680. The number of aliphatic hydroxyl groups excluding tert-OH is 1. The highest BCUT2D eigenvalue weighted by atomic mass is 16.3. The van der Waals surface area contributed by atoms with E-state index in [-0.39, 0.29) is 11.8 Å². The lowest BCUT2D eigenvalue weighted by Crippen LogP contribution is -2.40. The van der Waals surface area contributed by atoms with Gasteiger partial charge >= 0.3 is 0 Å². The van der Waals surface area contributed by atoms with E-state index in [4.69, 9.17) is 0 Å². The lowest BCUT2D eigenvalue weighted by molar-refractivity contribution is -0.117. The number of piperidine rings is 1. The van der Waals surface area contributed by atoms with Gasteiger partial charge < -0.3 is 10.4 Å². The van der Waals surface area contributed by atoms with Gasteiger partial charge in [-0.05, 0) is 63.0 Å². The number of likely N-dealkylation sites (tertiary alicyclic amines) is 1. The Morgan fingerprint density at radius 1 is 1.24 bits per heavy atom. The fraction of sp³-hybridized carbons (Fsp3) is 0.400. The molecule has 1 aliphatic heterocycles. The van der Waals surface area contributed by atoms with Gasteiger partial charge in [0.25, 0.3) is 0 Å². The number of aliphatic hydroxyl groups is 1. The quantitative estimate of drug-likeness (QED) is 0.879. The fourth-order valence-electron chi connectivity index (χ4n) is 3.26. The van der Waals surface area contributed by atoms with Crippen LogP contribution in [-0.2, 0) is 4.79 Å². The first kappa shape index (κ1) is 17.6. The predicted molar refractivity (Wildman–Crippen MR) is 98.2 cm³/mol. The van der Waals surface area contributed by atoms with Crippen molar-refractivity contribution in [3.05, 3.63) is 59.9 Å². The molecule has 5 heteroatoms. The number of pyridine rings is 1. The third kappa shape index (κ3) is 4.87. The van der Waals surface area contributed by atoms with Crippen molar-refractivity contribution in [1.82, 2.24) is 9.88 Å². The molecule has 1 saturated heterocycles. The summed E-state index contributed by atoms with van der Waals surface area (Å²) in [6.45, 7) is 4.04. The molecule has 0 radical (unpaired) electrons. The predicted octanol–water partition coefficient (Wildman–Crippen LogP) is 2.77. The minimum atomic E-state index is -0.523. The number of aromatic nitrogens is 1. The minimum absolute atomic E-state index is 0.00702. The zero-order valence-electron chi connectivity index (χ0n) is 14.6. The smallest absolute Gasteiger partial charge is 0.238 e. The Hall–Kier alpha value is -2.24. The van der Waals surface area contributed by atoms with Crippen LogP contribution in [0.15, 0.2) is 48.7 Å². The summed E-state index contributed by atoms with van der Waals surface area (Å²) >= 11 is 0.